The van der Waals surface area contributed by atoms with Crippen LogP contribution < -0.4 is 5.32 Å². The number of hydrogen-bond donors (Lipinski definition) is 1. The first-order valence-corrected chi connectivity index (χ1v) is 7.47. The van der Waals surface area contributed by atoms with Crippen molar-refractivity contribution in [3.05, 3.63) is 53.3 Å². The summed E-state index contributed by atoms with van der Waals surface area (Å²) >= 11 is 0. The van der Waals surface area contributed by atoms with Crippen LogP contribution >= 0.6 is 0 Å². The van der Waals surface area contributed by atoms with Crippen LogP contribution in [0.1, 0.15) is 43.1 Å². The molecule has 1 aromatic carbocycles. The Balaban J connectivity index is 1.88. The number of aromatic nitrogens is 2. The SMILES string of the molecule is CCn1cc(C(C)NC(=O)CCc2ccccc2)c(C)n1. The van der Waals surface area contributed by atoms with Crippen molar-refractivity contribution in [1.29, 1.82) is 0 Å². The van der Waals surface area contributed by atoms with Gasteiger partial charge in [0.15, 0.2) is 0 Å². The Morgan fingerprint density at radius 2 is 2.05 bits per heavy atom. The van der Waals surface area contributed by atoms with Gasteiger partial charge in [-0.3, -0.25) is 9.48 Å². The van der Waals surface area contributed by atoms with Crippen LogP contribution in [0, 0.1) is 6.92 Å². The molecule has 2 aromatic rings. The van der Waals surface area contributed by atoms with Crippen molar-refractivity contribution in [2.75, 3.05) is 0 Å². The van der Waals surface area contributed by atoms with Crippen LogP contribution in [0.25, 0.3) is 0 Å². The number of amides is 1. The molecule has 0 saturated heterocycles. The average molecular weight is 285 g/mol. The van der Waals surface area contributed by atoms with Crippen LogP contribution in [0.4, 0.5) is 0 Å². The smallest absolute Gasteiger partial charge is 0.220 e. The number of nitrogens with one attached hydrogen (secondary N) is 1. The van der Waals surface area contributed by atoms with E-state index in [-0.39, 0.29) is 11.9 Å². The van der Waals surface area contributed by atoms with E-state index in [1.807, 2.05) is 55.1 Å². The van der Waals surface area contributed by atoms with Gasteiger partial charge in [0.2, 0.25) is 5.91 Å². The minimum atomic E-state index is -0.00595. The van der Waals surface area contributed by atoms with Crippen LogP contribution in [0.15, 0.2) is 36.5 Å². The molecule has 0 saturated carbocycles. The summed E-state index contributed by atoms with van der Waals surface area (Å²) in [7, 11) is 0. The molecule has 0 aliphatic rings. The molecule has 0 aliphatic heterocycles. The van der Waals surface area contributed by atoms with Gasteiger partial charge in [-0.1, -0.05) is 30.3 Å². The standard InChI is InChI=1S/C17H23N3O/c1-4-20-12-16(14(3)19-20)13(2)18-17(21)11-10-15-8-6-5-7-9-15/h5-9,12-13H,4,10-11H2,1-3H3,(H,18,21). The van der Waals surface area contributed by atoms with Gasteiger partial charge in [0.05, 0.1) is 11.7 Å². The normalized spacial score (nSPS) is 12.1. The fourth-order valence-corrected chi connectivity index (χ4v) is 2.41. The molecule has 112 valence electrons. The Labute approximate surface area is 126 Å². The molecule has 0 fully saturated rings. The van der Waals surface area contributed by atoms with Gasteiger partial charge in [-0.2, -0.15) is 5.10 Å². The van der Waals surface area contributed by atoms with E-state index in [9.17, 15) is 4.79 Å². The minimum Gasteiger partial charge on any atom is -0.349 e. The molecular formula is C17H23N3O. The molecule has 1 heterocycles. The number of nitrogens with zero attached hydrogens (tertiary/aromatic N) is 2. The topological polar surface area (TPSA) is 46.9 Å². The summed E-state index contributed by atoms with van der Waals surface area (Å²) in [5.74, 6) is 0.0787. The molecule has 21 heavy (non-hydrogen) atoms. The molecule has 1 N–H and O–H groups in total. The second kappa shape index (κ2) is 7.07. The summed E-state index contributed by atoms with van der Waals surface area (Å²) in [6.45, 7) is 6.88. The zero-order valence-electron chi connectivity index (χ0n) is 13.0. The fourth-order valence-electron chi connectivity index (χ4n) is 2.41. The van der Waals surface area contributed by atoms with Crippen molar-refractivity contribution in [3.8, 4) is 0 Å². The highest BCUT2D eigenvalue weighted by molar-refractivity contribution is 5.76. The molecule has 2 rings (SSSR count). The summed E-state index contributed by atoms with van der Waals surface area (Å²) < 4.78 is 1.90. The Bertz CT molecular complexity index is 589. The largest absolute Gasteiger partial charge is 0.349 e. The van der Waals surface area contributed by atoms with E-state index < -0.39 is 0 Å². The van der Waals surface area contributed by atoms with Gasteiger partial charge in [-0.25, -0.2) is 0 Å². The lowest BCUT2D eigenvalue weighted by Crippen LogP contribution is -2.27. The second-order valence-electron chi connectivity index (χ2n) is 5.30. The van der Waals surface area contributed by atoms with E-state index in [0.717, 1.165) is 24.2 Å². The molecule has 1 aromatic heterocycles. The van der Waals surface area contributed by atoms with Crippen molar-refractivity contribution in [2.45, 2.75) is 46.2 Å². The first-order valence-electron chi connectivity index (χ1n) is 7.47. The third kappa shape index (κ3) is 4.18. The van der Waals surface area contributed by atoms with Crippen molar-refractivity contribution >= 4 is 5.91 Å². The second-order valence-corrected chi connectivity index (χ2v) is 5.30. The van der Waals surface area contributed by atoms with Crippen LogP contribution in [-0.2, 0) is 17.8 Å². The Morgan fingerprint density at radius 1 is 1.33 bits per heavy atom. The van der Waals surface area contributed by atoms with Gasteiger partial charge in [0, 0.05) is 24.7 Å². The fraction of sp³-hybridized carbons (Fsp3) is 0.412. The van der Waals surface area contributed by atoms with Gasteiger partial charge >= 0.3 is 0 Å². The molecule has 4 nitrogen and oxygen atoms in total. The van der Waals surface area contributed by atoms with Gasteiger partial charge in [0.25, 0.3) is 0 Å². The molecule has 0 aliphatic carbocycles. The zero-order chi connectivity index (χ0) is 15.2. The monoisotopic (exact) mass is 285 g/mol. The lowest BCUT2D eigenvalue weighted by Gasteiger charge is -2.13. The Hall–Kier alpha value is -2.10. The minimum absolute atomic E-state index is 0.00595. The predicted octanol–water partition coefficient (Wildman–Crippen LogP) is 3.02. The Morgan fingerprint density at radius 3 is 2.67 bits per heavy atom. The summed E-state index contributed by atoms with van der Waals surface area (Å²) in [6, 6.07) is 10.1. The van der Waals surface area contributed by atoms with E-state index in [1.54, 1.807) is 0 Å². The Kier molecular flexibility index (Phi) is 5.14. The molecular weight excluding hydrogens is 262 g/mol. The molecule has 0 radical (unpaired) electrons. The molecule has 0 spiro atoms. The third-order valence-electron chi connectivity index (χ3n) is 3.64. The first-order chi connectivity index (χ1) is 10.1. The summed E-state index contributed by atoms with van der Waals surface area (Å²) in [4.78, 5) is 12.0. The van der Waals surface area contributed by atoms with Crippen molar-refractivity contribution < 1.29 is 4.79 Å². The number of benzene rings is 1. The lowest BCUT2D eigenvalue weighted by molar-refractivity contribution is -0.121. The third-order valence-corrected chi connectivity index (χ3v) is 3.64. The van der Waals surface area contributed by atoms with E-state index in [4.69, 9.17) is 0 Å². The van der Waals surface area contributed by atoms with Crippen LogP contribution in [-0.4, -0.2) is 15.7 Å². The molecule has 0 bridgehead atoms. The zero-order valence-corrected chi connectivity index (χ0v) is 13.0. The van der Waals surface area contributed by atoms with E-state index in [1.165, 1.54) is 5.56 Å². The molecule has 1 amide bonds. The molecule has 1 atom stereocenters. The van der Waals surface area contributed by atoms with E-state index >= 15 is 0 Å². The lowest BCUT2D eigenvalue weighted by atomic mass is 10.1. The van der Waals surface area contributed by atoms with E-state index in [0.29, 0.717) is 6.42 Å². The summed E-state index contributed by atoms with van der Waals surface area (Å²) in [5.41, 5.74) is 3.26. The molecule has 4 heteroatoms. The van der Waals surface area contributed by atoms with Crippen molar-refractivity contribution in [3.63, 3.8) is 0 Å². The molecule has 1 unspecified atom stereocenters. The summed E-state index contributed by atoms with van der Waals surface area (Å²) in [6.07, 6.45) is 3.29. The highest BCUT2D eigenvalue weighted by atomic mass is 16.1. The quantitative estimate of drug-likeness (QED) is 0.887. The highest BCUT2D eigenvalue weighted by Crippen LogP contribution is 2.16. The number of aryl methyl sites for hydroxylation is 3. The average Bonchev–Trinajstić information content (AvgIpc) is 2.87. The number of rotatable bonds is 6. The van der Waals surface area contributed by atoms with Crippen molar-refractivity contribution in [1.82, 2.24) is 15.1 Å². The van der Waals surface area contributed by atoms with Crippen LogP contribution in [0.5, 0.6) is 0 Å². The van der Waals surface area contributed by atoms with Gasteiger partial charge in [0.1, 0.15) is 0 Å². The predicted molar refractivity (Wildman–Crippen MR) is 84.0 cm³/mol. The van der Waals surface area contributed by atoms with Gasteiger partial charge < -0.3 is 5.32 Å². The maximum absolute atomic E-state index is 12.0. The van der Waals surface area contributed by atoms with Crippen LogP contribution in [0.2, 0.25) is 0 Å². The first kappa shape index (κ1) is 15.3. The maximum atomic E-state index is 12.0. The van der Waals surface area contributed by atoms with Crippen molar-refractivity contribution in [2.24, 2.45) is 0 Å². The van der Waals surface area contributed by atoms with Gasteiger partial charge in [-0.15, -0.1) is 0 Å². The number of carbonyl (C=O) groups is 1. The van der Waals surface area contributed by atoms with Gasteiger partial charge in [-0.05, 0) is 32.8 Å². The highest BCUT2D eigenvalue weighted by Gasteiger charge is 2.14. The van der Waals surface area contributed by atoms with E-state index in [2.05, 4.69) is 17.3 Å². The van der Waals surface area contributed by atoms with Crippen LogP contribution in [0.3, 0.4) is 0 Å². The summed E-state index contributed by atoms with van der Waals surface area (Å²) in [5, 5.41) is 7.47. The number of carbonyl (C=O) groups excluding carboxylic acids is 1. The maximum Gasteiger partial charge on any atom is 0.220 e. The number of hydrogen-bond acceptors (Lipinski definition) is 2.